The second-order valence-electron chi connectivity index (χ2n) is 11.6. The Hall–Kier alpha value is -5.12. The first-order valence-corrected chi connectivity index (χ1v) is 15.5. The van der Waals surface area contributed by atoms with Crippen LogP contribution in [0.25, 0.3) is 22.3 Å². The van der Waals surface area contributed by atoms with Gasteiger partial charge in [0.1, 0.15) is 22.8 Å². The highest BCUT2D eigenvalue weighted by molar-refractivity contribution is 6.02. The fraction of sp³-hybridized carbons (Fsp3) is 0.333. The summed E-state index contributed by atoms with van der Waals surface area (Å²) in [6.07, 6.45) is 5.01. The van der Waals surface area contributed by atoms with E-state index >= 15 is 0 Å². The Morgan fingerprint density at radius 1 is 0.913 bits per heavy atom. The molecular weight excluding hydrogens is 586 g/mol. The number of fused-ring (bicyclic) bond motifs is 1. The molecule has 10 nitrogen and oxygen atoms in total. The molecule has 2 aliphatic rings. The van der Waals surface area contributed by atoms with Gasteiger partial charge in [0, 0.05) is 50.3 Å². The number of rotatable bonds is 8. The van der Waals surface area contributed by atoms with Crippen molar-refractivity contribution in [3.05, 3.63) is 83.7 Å². The number of likely N-dealkylation sites (tertiary alicyclic amines) is 1. The third-order valence-corrected chi connectivity index (χ3v) is 8.57. The van der Waals surface area contributed by atoms with Crippen LogP contribution in [0, 0.1) is 0 Å². The van der Waals surface area contributed by atoms with E-state index < -0.39 is 11.6 Å². The lowest BCUT2D eigenvalue weighted by Crippen LogP contribution is -2.52. The van der Waals surface area contributed by atoms with E-state index in [1.807, 2.05) is 51.4 Å². The molecule has 0 N–H and O–H groups in total. The zero-order chi connectivity index (χ0) is 32.4. The molecule has 0 aliphatic carbocycles. The Balaban J connectivity index is 1.22. The van der Waals surface area contributed by atoms with Gasteiger partial charge in [0.05, 0.1) is 49.6 Å². The van der Waals surface area contributed by atoms with Crippen LogP contribution in [0.2, 0.25) is 0 Å². The van der Waals surface area contributed by atoms with E-state index in [9.17, 15) is 14.4 Å². The standard InChI is InChI=1S/C36H37N3O7/c1-5-44-31-18-26(19-32(45-6-2)33(31)24-8-7-9-25(16-24)35(42)43-4)34(41)39-14-12-36(13-15-39)20-29(40)28-17-23(10-11-30(28)46-36)27-21-37-38(3)22-27/h7-11,16-19,21-22H,5-6,12-15,20H2,1-4H3. The molecular formula is C36H37N3O7. The van der Waals surface area contributed by atoms with Crippen molar-refractivity contribution in [1.29, 1.82) is 0 Å². The number of aryl methyl sites for hydroxylation is 1. The summed E-state index contributed by atoms with van der Waals surface area (Å²) in [6, 6.07) is 16.2. The molecule has 2 aliphatic heterocycles. The van der Waals surface area contributed by atoms with Gasteiger partial charge in [-0.3, -0.25) is 14.3 Å². The van der Waals surface area contributed by atoms with Gasteiger partial charge in [-0.2, -0.15) is 5.10 Å². The number of carbonyl (C=O) groups excluding carboxylic acids is 3. The average Bonchev–Trinajstić information content (AvgIpc) is 3.50. The SMILES string of the molecule is CCOc1cc(C(=O)N2CCC3(CC2)CC(=O)c2cc(-c4cnn(C)c4)ccc2O3)cc(OCC)c1-c1cccc(C(=O)OC)c1. The lowest BCUT2D eigenvalue weighted by molar-refractivity contribution is -0.00573. The number of esters is 1. The van der Waals surface area contributed by atoms with Crippen molar-refractivity contribution in [2.45, 2.75) is 38.7 Å². The number of hydrogen-bond donors (Lipinski definition) is 0. The number of amides is 1. The summed E-state index contributed by atoms with van der Waals surface area (Å²) >= 11 is 0. The number of aromatic nitrogens is 2. The van der Waals surface area contributed by atoms with Crippen LogP contribution in [0.3, 0.4) is 0 Å². The van der Waals surface area contributed by atoms with Crippen molar-refractivity contribution in [2.24, 2.45) is 7.05 Å². The molecule has 3 heterocycles. The predicted molar refractivity (Wildman–Crippen MR) is 172 cm³/mol. The molecule has 1 saturated heterocycles. The highest BCUT2D eigenvalue weighted by atomic mass is 16.5. The Morgan fingerprint density at radius 3 is 2.26 bits per heavy atom. The summed E-state index contributed by atoms with van der Waals surface area (Å²) in [5.41, 5.74) is 3.97. The molecule has 6 rings (SSSR count). The van der Waals surface area contributed by atoms with E-state index in [1.165, 1.54) is 7.11 Å². The second kappa shape index (κ2) is 12.7. The average molecular weight is 624 g/mol. The first-order valence-electron chi connectivity index (χ1n) is 15.5. The Labute approximate surface area is 267 Å². The number of nitrogens with zero attached hydrogens (tertiary/aromatic N) is 3. The molecule has 0 saturated carbocycles. The largest absolute Gasteiger partial charge is 0.493 e. The van der Waals surface area contributed by atoms with Crippen molar-refractivity contribution in [2.75, 3.05) is 33.4 Å². The predicted octanol–water partition coefficient (Wildman–Crippen LogP) is 5.98. The Morgan fingerprint density at radius 2 is 1.63 bits per heavy atom. The van der Waals surface area contributed by atoms with Crippen molar-refractivity contribution in [1.82, 2.24) is 14.7 Å². The van der Waals surface area contributed by atoms with Crippen LogP contribution >= 0.6 is 0 Å². The van der Waals surface area contributed by atoms with E-state index in [1.54, 1.807) is 46.1 Å². The van der Waals surface area contributed by atoms with Crippen LogP contribution in [0.5, 0.6) is 17.2 Å². The van der Waals surface area contributed by atoms with E-state index in [2.05, 4.69) is 5.10 Å². The number of ether oxygens (including phenoxy) is 4. The molecule has 1 aromatic heterocycles. The van der Waals surface area contributed by atoms with Gasteiger partial charge in [-0.15, -0.1) is 0 Å². The number of benzene rings is 3. The van der Waals surface area contributed by atoms with Crippen molar-refractivity contribution in [3.8, 4) is 39.5 Å². The van der Waals surface area contributed by atoms with Crippen molar-refractivity contribution < 1.29 is 33.3 Å². The van der Waals surface area contributed by atoms with Gasteiger partial charge in [0.25, 0.3) is 5.91 Å². The summed E-state index contributed by atoms with van der Waals surface area (Å²) in [5.74, 6) is 0.982. The minimum absolute atomic E-state index is 0.0429. The molecule has 0 radical (unpaired) electrons. The maximum absolute atomic E-state index is 13.9. The first kappa shape index (κ1) is 30.9. The van der Waals surface area contributed by atoms with E-state index in [0.717, 1.165) is 11.1 Å². The number of piperidine rings is 1. The highest BCUT2D eigenvalue weighted by Crippen LogP contribution is 2.43. The van der Waals surface area contributed by atoms with Gasteiger partial charge in [-0.25, -0.2) is 4.79 Å². The molecule has 1 fully saturated rings. The molecule has 0 atom stereocenters. The number of hydrogen-bond acceptors (Lipinski definition) is 8. The normalized spacial score (nSPS) is 15.2. The van der Waals surface area contributed by atoms with Gasteiger partial charge in [-0.1, -0.05) is 18.2 Å². The summed E-state index contributed by atoms with van der Waals surface area (Å²) < 4.78 is 25.2. The van der Waals surface area contributed by atoms with E-state index in [0.29, 0.717) is 84.2 Å². The van der Waals surface area contributed by atoms with Gasteiger partial charge < -0.3 is 23.8 Å². The van der Waals surface area contributed by atoms with Gasteiger partial charge >= 0.3 is 5.97 Å². The molecule has 238 valence electrons. The lowest BCUT2D eigenvalue weighted by atomic mass is 9.82. The quantitative estimate of drug-likeness (QED) is 0.221. The number of methoxy groups -OCH3 is 1. The van der Waals surface area contributed by atoms with Crippen LogP contribution in [0.15, 0.2) is 67.0 Å². The Bertz CT molecular complexity index is 1780. The fourth-order valence-electron chi connectivity index (χ4n) is 6.28. The molecule has 4 aromatic rings. The van der Waals surface area contributed by atoms with Gasteiger partial charge in [0.2, 0.25) is 0 Å². The van der Waals surface area contributed by atoms with E-state index in [4.69, 9.17) is 18.9 Å². The summed E-state index contributed by atoms with van der Waals surface area (Å²) in [7, 11) is 3.20. The molecule has 46 heavy (non-hydrogen) atoms. The number of Topliss-reactive ketones (excluding diaryl/α,β-unsaturated/α-hetero) is 1. The highest BCUT2D eigenvalue weighted by Gasteiger charge is 2.44. The second-order valence-corrected chi connectivity index (χ2v) is 11.6. The molecule has 1 spiro atoms. The van der Waals surface area contributed by atoms with Crippen molar-refractivity contribution >= 4 is 17.7 Å². The molecule has 0 bridgehead atoms. The monoisotopic (exact) mass is 623 g/mol. The van der Waals surface area contributed by atoms with Crippen LogP contribution in [-0.4, -0.2) is 71.4 Å². The maximum atomic E-state index is 13.9. The fourth-order valence-corrected chi connectivity index (χ4v) is 6.28. The van der Waals surface area contributed by atoms with Gasteiger partial charge in [-0.05, 0) is 61.4 Å². The summed E-state index contributed by atoms with van der Waals surface area (Å²) in [4.78, 5) is 41.3. The Kier molecular flexibility index (Phi) is 8.53. The minimum atomic E-state index is -0.655. The number of ketones is 1. The smallest absolute Gasteiger partial charge is 0.337 e. The van der Waals surface area contributed by atoms with Gasteiger partial charge in [0.15, 0.2) is 5.78 Å². The third-order valence-electron chi connectivity index (χ3n) is 8.57. The van der Waals surface area contributed by atoms with Crippen LogP contribution in [0.1, 0.15) is 64.2 Å². The molecule has 10 heteroatoms. The zero-order valence-electron chi connectivity index (χ0n) is 26.5. The topological polar surface area (TPSA) is 109 Å². The lowest BCUT2D eigenvalue weighted by Gasteiger charge is -2.44. The first-order chi connectivity index (χ1) is 22.2. The third kappa shape index (κ3) is 5.94. The minimum Gasteiger partial charge on any atom is -0.493 e. The summed E-state index contributed by atoms with van der Waals surface area (Å²) in [5, 5.41) is 4.23. The molecule has 1 amide bonds. The van der Waals surface area contributed by atoms with Crippen LogP contribution in [-0.2, 0) is 11.8 Å². The zero-order valence-corrected chi connectivity index (χ0v) is 26.5. The van der Waals surface area contributed by atoms with Crippen molar-refractivity contribution in [3.63, 3.8) is 0 Å². The summed E-state index contributed by atoms with van der Waals surface area (Å²) in [6.45, 7) is 5.36. The molecule has 3 aromatic carbocycles. The number of carbonyl (C=O) groups is 3. The molecule has 0 unspecified atom stereocenters. The van der Waals surface area contributed by atoms with E-state index in [-0.39, 0.29) is 18.1 Å². The maximum Gasteiger partial charge on any atom is 0.337 e. The van der Waals surface area contributed by atoms with Crippen LogP contribution in [0.4, 0.5) is 0 Å². The van der Waals surface area contributed by atoms with Crippen LogP contribution < -0.4 is 14.2 Å².